The molecular weight excluding hydrogens is 239 g/mol. The van der Waals surface area contributed by atoms with Gasteiger partial charge in [0.25, 0.3) is 0 Å². The summed E-state index contributed by atoms with van der Waals surface area (Å²) in [7, 11) is 0. The lowest BCUT2D eigenvalue weighted by molar-refractivity contribution is 0.145. The van der Waals surface area contributed by atoms with E-state index in [2.05, 4.69) is 38.3 Å². The van der Waals surface area contributed by atoms with Gasteiger partial charge in [-0.05, 0) is 58.2 Å². The second-order valence-corrected chi connectivity index (χ2v) is 7.01. The minimum atomic E-state index is -0.173. The molecule has 0 spiro atoms. The fraction of sp³-hybridized carbons (Fsp3) is 0.625. The Morgan fingerprint density at radius 1 is 1.11 bits per heavy atom. The molecule has 2 nitrogen and oxygen atoms in total. The van der Waals surface area contributed by atoms with Crippen LogP contribution in [0.5, 0.6) is 0 Å². The standard InChI is InChI=1S/C16H25FN2/c1-15(2)9-14(10-16(3,4)19-15)18-11-12-5-7-13(17)8-6-12/h5-8,14,18-19H,9-11H2,1-4H3. The minimum absolute atomic E-state index is 0.155. The van der Waals surface area contributed by atoms with E-state index in [4.69, 9.17) is 0 Å². The van der Waals surface area contributed by atoms with Crippen LogP contribution in [0.25, 0.3) is 0 Å². The van der Waals surface area contributed by atoms with E-state index in [0.717, 1.165) is 24.9 Å². The van der Waals surface area contributed by atoms with Crippen LogP contribution in [0.4, 0.5) is 4.39 Å². The fourth-order valence-corrected chi connectivity index (χ4v) is 3.33. The Hall–Kier alpha value is -0.930. The average molecular weight is 264 g/mol. The molecule has 0 bridgehead atoms. The summed E-state index contributed by atoms with van der Waals surface area (Å²) in [6.07, 6.45) is 2.22. The largest absolute Gasteiger partial charge is 0.310 e. The molecule has 1 aliphatic heterocycles. The summed E-state index contributed by atoms with van der Waals surface area (Å²) in [5.41, 5.74) is 1.44. The van der Waals surface area contributed by atoms with Crippen LogP contribution in [-0.2, 0) is 6.54 Å². The molecule has 0 atom stereocenters. The van der Waals surface area contributed by atoms with Crippen LogP contribution < -0.4 is 10.6 Å². The van der Waals surface area contributed by atoms with Crippen LogP contribution >= 0.6 is 0 Å². The van der Waals surface area contributed by atoms with E-state index in [-0.39, 0.29) is 16.9 Å². The molecular formula is C16H25FN2. The van der Waals surface area contributed by atoms with Crippen LogP contribution in [0.3, 0.4) is 0 Å². The molecule has 0 radical (unpaired) electrons. The van der Waals surface area contributed by atoms with Crippen molar-refractivity contribution >= 4 is 0 Å². The van der Waals surface area contributed by atoms with E-state index >= 15 is 0 Å². The summed E-state index contributed by atoms with van der Waals surface area (Å²) < 4.78 is 12.9. The van der Waals surface area contributed by atoms with Gasteiger partial charge in [0, 0.05) is 23.7 Å². The molecule has 0 aromatic heterocycles. The maximum Gasteiger partial charge on any atom is 0.123 e. The summed E-state index contributed by atoms with van der Waals surface area (Å²) in [5.74, 6) is -0.173. The van der Waals surface area contributed by atoms with Crippen molar-refractivity contribution in [1.82, 2.24) is 10.6 Å². The lowest BCUT2D eigenvalue weighted by atomic mass is 9.79. The monoisotopic (exact) mass is 264 g/mol. The second-order valence-electron chi connectivity index (χ2n) is 7.01. The number of nitrogens with one attached hydrogen (secondary N) is 2. The first-order chi connectivity index (χ1) is 8.76. The van der Waals surface area contributed by atoms with Gasteiger partial charge in [-0.15, -0.1) is 0 Å². The summed E-state index contributed by atoms with van der Waals surface area (Å²) >= 11 is 0. The first-order valence-corrected chi connectivity index (χ1v) is 7.03. The number of piperidine rings is 1. The fourth-order valence-electron chi connectivity index (χ4n) is 3.33. The molecule has 3 heteroatoms. The minimum Gasteiger partial charge on any atom is -0.310 e. The molecule has 1 fully saturated rings. The Labute approximate surface area is 115 Å². The van der Waals surface area contributed by atoms with Crippen LogP contribution in [0.2, 0.25) is 0 Å². The smallest absolute Gasteiger partial charge is 0.123 e. The Morgan fingerprint density at radius 3 is 2.16 bits per heavy atom. The Bertz CT molecular complexity index is 407. The van der Waals surface area contributed by atoms with Crippen molar-refractivity contribution in [3.05, 3.63) is 35.6 Å². The van der Waals surface area contributed by atoms with E-state index in [0.29, 0.717) is 6.04 Å². The molecule has 0 amide bonds. The van der Waals surface area contributed by atoms with Gasteiger partial charge in [-0.3, -0.25) is 0 Å². The molecule has 106 valence electrons. The average Bonchev–Trinajstić information content (AvgIpc) is 2.24. The van der Waals surface area contributed by atoms with Gasteiger partial charge in [-0.1, -0.05) is 12.1 Å². The topological polar surface area (TPSA) is 24.1 Å². The number of benzene rings is 1. The molecule has 0 aliphatic carbocycles. The summed E-state index contributed by atoms with van der Waals surface area (Å²) in [4.78, 5) is 0. The van der Waals surface area contributed by atoms with Gasteiger partial charge in [0.2, 0.25) is 0 Å². The third-order valence-corrected chi connectivity index (χ3v) is 3.70. The first-order valence-electron chi connectivity index (χ1n) is 7.03. The SMILES string of the molecule is CC1(C)CC(NCc2ccc(F)cc2)CC(C)(C)N1. The highest BCUT2D eigenvalue weighted by Crippen LogP contribution is 2.28. The van der Waals surface area contributed by atoms with Crippen molar-refractivity contribution in [2.24, 2.45) is 0 Å². The molecule has 0 unspecified atom stereocenters. The maximum atomic E-state index is 12.9. The number of halogens is 1. The number of rotatable bonds is 3. The Kier molecular flexibility index (Phi) is 3.98. The van der Waals surface area contributed by atoms with Crippen molar-refractivity contribution < 1.29 is 4.39 Å². The highest BCUT2D eigenvalue weighted by Gasteiger charge is 2.37. The van der Waals surface area contributed by atoms with Gasteiger partial charge in [-0.2, -0.15) is 0 Å². The highest BCUT2D eigenvalue weighted by molar-refractivity contribution is 5.16. The van der Waals surface area contributed by atoms with Gasteiger partial charge in [0.15, 0.2) is 0 Å². The third-order valence-electron chi connectivity index (χ3n) is 3.70. The van der Waals surface area contributed by atoms with E-state index < -0.39 is 0 Å². The quantitative estimate of drug-likeness (QED) is 0.876. The van der Waals surface area contributed by atoms with Crippen LogP contribution in [-0.4, -0.2) is 17.1 Å². The summed E-state index contributed by atoms with van der Waals surface area (Å²) in [5, 5.41) is 7.28. The first kappa shape index (κ1) is 14.5. The molecule has 1 aliphatic rings. The predicted molar refractivity (Wildman–Crippen MR) is 77.6 cm³/mol. The molecule has 1 saturated heterocycles. The normalized spacial score (nSPS) is 22.4. The Morgan fingerprint density at radius 2 is 1.63 bits per heavy atom. The van der Waals surface area contributed by atoms with Crippen LogP contribution in [0.1, 0.15) is 46.1 Å². The number of hydrogen-bond donors (Lipinski definition) is 2. The molecule has 19 heavy (non-hydrogen) atoms. The van der Waals surface area contributed by atoms with Crippen LogP contribution in [0.15, 0.2) is 24.3 Å². The number of hydrogen-bond acceptors (Lipinski definition) is 2. The maximum absolute atomic E-state index is 12.9. The summed E-state index contributed by atoms with van der Waals surface area (Å²) in [6, 6.07) is 7.23. The van der Waals surface area contributed by atoms with Gasteiger partial charge in [-0.25, -0.2) is 4.39 Å². The van der Waals surface area contributed by atoms with Gasteiger partial charge in [0.1, 0.15) is 5.82 Å². The zero-order chi connectivity index (χ0) is 14.1. The molecule has 1 aromatic carbocycles. The van der Waals surface area contributed by atoms with Gasteiger partial charge >= 0.3 is 0 Å². The van der Waals surface area contributed by atoms with Crippen molar-refractivity contribution in [2.45, 2.75) is 64.2 Å². The molecule has 2 rings (SSSR count). The van der Waals surface area contributed by atoms with E-state index in [9.17, 15) is 4.39 Å². The zero-order valence-electron chi connectivity index (χ0n) is 12.4. The molecule has 0 saturated carbocycles. The van der Waals surface area contributed by atoms with E-state index in [1.807, 2.05) is 12.1 Å². The highest BCUT2D eigenvalue weighted by atomic mass is 19.1. The second kappa shape index (κ2) is 5.22. The zero-order valence-corrected chi connectivity index (χ0v) is 12.4. The molecule has 1 heterocycles. The third kappa shape index (κ3) is 4.29. The van der Waals surface area contributed by atoms with E-state index in [1.54, 1.807) is 0 Å². The van der Waals surface area contributed by atoms with Crippen molar-refractivity contribution in [3.63, 3.8) is 0 Å². The Balaban J connectivity index is 1.93. The van der Waals surface area contributed by atoms with E-state index in [1.165, 1.54) is 12.1 Å². The lowest BCUT2D eigenvalue weighted by Gasteiger charge is -2.46. The van der Waals surface area contributed by atoms with Crippen molar-refractivity contribution in [1.29, 1.82) is 0 Å². The van der Waals surface area contributed by atoms with Crippen LogP contribution in [0, 0.1) is 5.82 Å². The van der Waals surface area contributed by atoms with Gasteiger partial charge < -0.3 is 10.6 Å². The van der Waals surface area contributed by atoms with Gasteiger partial charge in [0.05, 0.1) is 0 Å². The lowest BCUT2D eigenvalue weighted by Crippen LogP contribution is -2.61. The predicted octanol–water partition coefficient (Wildman–Crippen LogP) is 3.22. The summed E-state index contributed by atoms with van der Waals surface area (Å²) in [6.45, 7) is 9.80. The molecule has 2 N–H and O–H groups in total. The van der Waals surface area contributed by atoms with Crippen molar-refractivity contribution in [3.8, 4) is 0 Å². The van der Waals surface area contributed by atoms with Crippen molar-refractivity contribution in [2.75, 3.05) is 0 Å². The molecule has 1 aromatic rings.